The van der Waals surface area contributed by atoms with Crippen molar-refractivity contribution in [3.63, 3.8) is 0 Å². The molecule has 1 fully saturated rings. The summed E-state index contributed by atoms with van der Waals surface area (Å²) in [5.74, 6) is 0.538. The van der Waals surface area contributed by atoms with Gasteiger partial charge in [0, 0.05) is 12.7 Å². The molecule has 0 aliphatic carbocycles. The largest absolute Gasteiger partial charge is 0.444 e. The van der Waals surface area contributed by atoms with Crippen LogP contribution in [0, 0.1) is 6.92 Å². The second kappa shape index (κ2) is 5.31. The lowest BCUT2D eigenvalue weighted by atomic mass is 10.1. The Labute approximate surface area is 120 Å². The normalized spacial score (nSPS) is 19.2. The summed E-state index contributed by atoms with van der Waals surface area (Å²) in [7, 11) is 0. The van der Waals surface area contributed by atoms with Crippen LogP contribution in [0.2, 0.25) is 0 Å². The zero-order valence-electron chi connectivity index (χ0n) is 12.6. The van der Waals surface area contributed by atoms with E-state index in [1.165, 1.54) is 0 Å². The Morgan fingerprint density at radius 2 is 2.20 bits per heavy atom. The van der Waals surface area contributed by atoms with Crippen LogP contribution in [-0.4, -0.2) is 28.1 Å². The van der Waals surface area contributed by atoms with E-state index < -0.39 is 5.60 Å². The molecule has 20 heavy (non-hydrogen) atoms. The SMILES string of the molecule is Cc1cc(C2CCCN2C(=O)OC(C)(C)C)cnc1N. The number of pyridine rings is 1. The van der Waals surface area contributed by atoms with Crippen LogP contribution in [0.25, 0.3) is 0 Å². The first-order valence-corrected chi connectivity index (χ1v) is 6.99. The van der Waals surface area contributed by atoms with E-state index >= 15 is 0 Å². The summed E-state index contributed by atoms with van der Waals surface area (Å²) in [6.07, 6.45) is 3.42. The topological polar surface area (TPSA) is 68.5 Å². The number of hydrogen-bond donors (Lipinski definition) is 1. The fourth-order valence-corrected chi connectivity index (χ4v) is 2.44. The molecule has 2 N–H and O–H groups in total. The van der Waals surface area contributed by atoms with Gasteiger partial charge in [0.25, 0.3) is 0 Å². The first-order valence-electron chi connectivity index (χ1n) is 6.99. The molecule has 2 rings (SSSR count). The highest BCUT2D eigenvalue weighted by Gasteiger charge is 2.33. The molecule has 0 aromatic carbocycles. The van der Waals surface area contributed by atoms with Crippen molar-refractivity contribution in [3.8, 4) is 0 Å². The molecule has 110 valence electrons. The average molecular weight is 277 g/mol. The van der Waals surface area contributed by atoms with Gasteiger partial charge in [-0.05, 0) is 57.7 Å². The van der Waals surface area contributed by atoms with Gasteiger partial charge in [0.15, 0.2) is 0 Å². The molecule has 1 atom stereocenters. The Morgan fingerprint density at radius 3 is 2.80 bits per heavy atom. The van der Waals surface area contributed by atoms with E-state index in [0.717, 1.165) is 30.5 Å². The maximum Gasteiger partial charge on any atom is 0.410 e. The van der Waals surface area contributed by atoms with E-state index in [9.17, 15) is 4.79 Å². The fourth-order valence-electron chi connectivity index (χ4n) is 2.44. The molecular weight excluding hydrogens is 254 g/mol. The maximum atomic E-state index is 12.3. The molecule has 1 saturated heterocycles. The summed E-state index contributed by atoms with van der Waals surface area (Å²) >= 11 is 0. The molecule has 0 bridgehead atoms. The van der Waals surface area contributed by atoms with Crippen LogP contribution in [-0.2, 0) is 4.74 Å². The number of aromatic nitrogens is 1. The quantitative estimate of drug-likeness (QED) is 0.856. The number of ether oxygens (including phenoxy) is 1. The standard InChI is InChI=1S/C15H23N3O2/c1-10-8-11(9-17-13(10)16)12-6-5-7-18(12)14(19)20-15(2,3)4/h8-9,12H,5-7H2,1-4H3,(H2,16,17). The van der Waals surface area contributed by atoms with Crippen molar-refractivity contribution in [2.45, 2.75) is 52.2 Å². The van der Waals surface area contributed by atoms with Crippen molar-refractivity contribution in [2.24, 2.45) is 0 Å². The molecule has 0 spiro atoms. The first-order chi connectivity index (χ1) is 9.28. The number of hydrogen-bond acceptors (Lipinski definition) is 4. The van der Waals surface area contributed by atoms with Gasteiger partial charge in [0.1, 0.15) is 11.4 Å². The molecular formula is C15H23N3O2. The van der Waals surface area contributed by atoms with Gasteiger partial charge in [0.05, 0.1) is 6.04 Å². The van der Waals surface area contributed by atoms with Crippen LogP contribution in [0.4, 0.5) is 10.6 Å². The molecule has 5 heteroatoms. The number of nitrogens with zero attached hydrogens (tertiary/aromatic N) is 2. The molecule has 1 aromatic rings. The number of likely N-dealkylation sites (tertiary alicyclic amines) is 1. The van der Waals surface area contributed by atoms with Crippen LogP contribution in [0.1, 0.15) is 50.8 Å². The van der Waals surface area contributed by atoms with E-state index in [0.29, 0.717) is 5.82 Å². The minimum atomic E-state index is -0.473. The molecule has 1 aliphatic heterocycles. The minimum Gasteiger partial charge on any atom is -0.444 e. The number of nitrogens with two attached hydrogens (primary N) is 1. The van der Waals surface area contributed by atoms with Crippen molar-refractivity contribution in [1.82, 2.24) is 9.88 Å². The summed E-state index contributed by atoms with van der Waals surface area (Å²) in [5, 5.41) is 0. The fraction of sp³-hybridized carbons (Fsp3) is 0.600. The zero-order chi connectivity index (χ0) is 14.9. The van der Waals surface area contributed by atoms with E-state index in [2.05, 4.69) is 4.98 Å². The number of rotatable bonds is 1. The van der Waals surface area contributed by atoms with Gasteiger partial charge < -0.3 is 15.4 Å². The lowest BCUT2D eigenvalue weighted by molar-refractivity contribution is 0.0224. The third-order valence-electron chi connectivity index (χ3n) is 3.41. The molecule has 2 heterocycles. The molecule has 1 amide bonds. The molecule has 1 unspecified atom stereocenters. The Kier molecular flexibility index (Phi) is 3.88. The van der Waals surface area contributed by atoms with Crippen LogP contribution in [0.15, 0.2) is 12.3 Å². The minimum absolute atomic E-state index is 0.0386. The van der Waals surface area contributed by atoms with Crippen molar-refractivity contribution in [1.29, 1.82) is 0 Å². The monoisotopic (exact) mass is 277 g/mol. The Morgan fingerprint density at radius 1 is 1.50 bits per heavy atom. The van der Waals surface area contributed by atoms with E-state index in [4.69, 9.17) is 10.5 Å². The second-order valence-corrected chi connectivity index (χ2v) is 6.30. The second-order valence-electron chi connectivity index (χ2n) is 6.30. The van der Waals surface area contributed by atoms with E-state index in [1.54, 1.807) is 11.1 Å². The highest BCUT2D eigenvalue weighted by atomic mass is 16.6. The number of carbonyl (C=O) groups excluding carboxylic acids is 1. The average Bonchev–Trinajstić information content (AvgIpc) is 2.79. The van der Waals surface area contributed by atoms with E-state index in [1.807, 2.05) is 33.8 Å². The zero-order valence-corrected chi connectivity index (χ0v) is 12.6. The number of nitrogen functional groups attached to an aromatic ring is 1. The maximum absolute atomic E-state index is 12.3. The molecule has 0 saturated carbocycles. The lowest BCUT2D eigenvalue weighted by Crippen LogP contribution is -2.36. The highest BCUT2D eigenvalue weighted by molar-refractivity contribution is 5.69. The summed E-state index contributed by atoms with van der Waals surface area (Å²) in [5.41, 5.74) is 7.25. The number of aryl methyl sites for hydroxylation is 1. The molecule has 5 nitrogen and oxygen atoms in total. The predicted molar refractivity (Wildman–Crippen MR) is 78.3 cm³/mol. The van der Waals surface area contributed by atoms with Crippen LogP contribution in [0.5, 0.6) is 0 Å². The van der Waals surface area contributed by atoms with Crippen LogP contribution >= 0.6 is 0 Å². The smallest absolute Gasteiger partial charge is 0.410 e. The van der Waals surface area contributed by atoms with Gasteiger partial charge >= 0.3 is 6.09 Å². The van der Waals surface area contributed by atoms with E-state index in [-0.39, 0.29) is 12.1 Å². The highest BCUT2D eigenvalue weighted by Crippen LogP contribution is 2.33. The Balaban J connectivity index is 2.18. The van der Waals surface area contributed by atoms with Gasteiger partial charge in [-0.1, -0.05) is 0 Å². The van der Waals surface area contributed by atoms with Crippen molar-refractivity contribution in [2.75, 3.05) is 12.3 Å². The Bertz CT molecular complexity index is 508. The van der Waals surface area contributed by atoms with Crippen LogP contribution in [0.3, 0.4) is 0 Å². The summed E-state index contributed by atoms with van der Waals surface area (Å²) in [6.45, 7) is 8.29. The number of anilines is 1. The van der Waals surface area contributed by atoms with Gasteiger partial charge in [0.2, 0.25) is 0 Å². The molecule has 0 radical (unpaired) electrons. The van der Waals surface area contributed by atoms with Gasteiger partial charge in [-0.25, -0.2) is 9.78 Å². The van der Waals surface area contributed by atoms with Crippen molar-refractivity contribution >= 4 is 11.9 Å². The summed E-state index contributed by atoms with van der Waals surface area (Å²) in [4.78, 5) is 18.2. The van der Waals surface area contributed by atoms with Crippen LogP contribution < -0.4 is 5.73 Å². The third-order valence-corrected chi connectivity index (χ3v) is 3.41. The van der Waals surface area contributed by atoms with Gasteiger partial charge in [-0.2, -0.15) is 0 Å². The van der Waals surface area contributed by atoms with Crippen molar-refractivity contribution < 1.29 is 9.53 Å². The molecule has 1 aromatic heterocycles. The van der Waals surface area contributed by atoms with Gasteiger partial charge in [-0.3, -0.25) is 0 Å². The number of amides is 1. The van der Waals surface area contributed by atoms with Gasteiger partial charge in [-0.15, -0.1) is 0 Å². The Hall–Kier alpha value is -1.78. The lowest BCUT2D eigenvalue weighted by Gasteiger charge is -2.28. The summed E-state index contributed by atoms with van der Waals surface area (Å²) < 4.78 is 5.47. The first kappa shape index (κ1) is 14.6. The van der Waals surface area contributed by atoms with Crippen molar-refractivity contribution in [3.05, 3.63) is 23.4 Å². The summed E-state index contributed by atoms with van der Waals surface area (Å²) in [6, 6.07) is 2.05. The predicted octanol–water partition coefficient (Wildman–Crippen LogP) is 3.04. The molecule has 1 aliphatic rings. The third kappa shape index (κ3) is 3.21. The number of carbonyl (C=O) groups is 1.